The Hall–Kier alpha value is -7.69. The van der Waals surface area contributed by atoms with Crippen molar-refractivity contribution in [3.05, 3.63) is 200 Å². The molecule has 11 rings (SSSR count). The third kappa shape index (κ3) is 5.92. The normalized spacial score (nSPS) is 11.5. The number of nitrogens with zero attached hydrogens (tertiary/aromatic N) is 3. The molecule has 0 aliphatic rings. The molecule has 4 nitrogen and oxygen atoms in total. The molecular weight excluding hydrogens is 695 g/mol. The summed E-state index contributed by atoms with van der Waals surface area (Å²) in [4.78, 5) is 15.2. The molecule has 0 atom stereocenters. The van der Waals surface area contributed by atoms with Crippen molar-refractivity contribution >= 4 is 43.5 Å². The molecule has 0 fully saturated rings. The number of hydrogen-bond acceptors (Lipinski definition) is 4. The fourth-order valence-corrected chi connectivity index (χ4v) is 8.02. The van der Waals surface area contributed by atoms with Crippen molar-refractivity contribution in [1.29, 1.82) is 0 Å². The van der Waals surface area contributed by atoms with Crippen molar-refractivity contribution in [3.8, 4) is 67.5 Å². The van der Waals surface area contributed by atoms with Gasteiger partial charge in [-0.2, -0.15) is 0 Å². The van der Waals surface area contributed by atoms with Gasteiger partial charge in [-0.3, -0.25) is 0 Å². The van der Waals surface area contributed by atoms with E-state index in [-0.39, 0.29) is 0 Å². The van der Waals surface area contributed by atoms with Gasteiger partial charge < -0.3 is 4.42 Å². The molecule has 11 aromatic rings. The Kier molecular flexibility index (Phi) is 7.78. The minimum absolute atomic E-state index is 0.595. The molecule has 0 aliphatic carbocycles. The van der Waals surface area contributed by atoms with E-state index < -0.39 is 0 Å². The van der Waals surface area contributed by atoms with Crippen molar-refractivity contribution in [3.63, 3.8) is 0 Å². The molecule has 4 heteroatoms. The van der Waals surface area contributed by atoms with Gasteiger partial charge in [0.05, 0.1) is 0 Å². The molecule has 0 amide bonds. The van der Waals surface area contributed by atoms with Gasteiger partial charge in [-0.05, 0) is 79.2 Å². The van der Waals surface area contributed by atoms with Gasteiger partial charge in [0, 0.05) is 27.5 Å². The first-order valence-corrected chi connectivity index (χ1v) is 19.2. The van der Waals surface area contributed by atoms with Crippen molar-refractivity contribution in [2.24, 2.45) is 0 Å². The van der Waals surface area contributed by atoms with Gasteiger partial charge in [-0.1, -0.05) is 176 Å². The van der Waals surface area contributed by atoms with E-state index in [1.165, 1.54) is 32.7 Å². The summed E-state index contributed by atoms with van der Waals surface area (Å²) in [5.41, 5.74) is 11.3. The van der Waals surface area contributed by atoms with E-state index in [1.54, 1.807) is 0 Å². The summed E-state index contributed by atoms with van der Waals surface area (Å²) in [5, 5.41) is 7.05. The molecule has 0 spiro atoms. The number of fused-ring (bicyclic) bond motifs is 6. The Labute approximate surface area is 329 Å². The molecule has 2 aromatic heterocycles. The number of hydrogen-bond donors (Lipinski definition) is 0. The Bertz CT molecular complexity index is 3260. The van der Waals surface area contributed by atoms with Gasteiger partial charge in [0.2, 0.25) is 0 Å². The van der Waals surface area contributed by atoms with E-state index in [2.05, 4.69) is 152 Å². The highest BCUT2D eigenvalue weighted by atomic mass is 16.3. The first-order valence-electron chi connectivity index (χ1n) is 19.2. The standard InChI is InChI=1S/C53H33N3O/c1-3-10-34(11-4-1)35-22-25-40(26-23-35)52-54-51(39-13-5-2-6-14-39)55-53(56-52)46-16-9-17-49-50(46)47-33-42(29-31-48(47)57-49)37-20-18-36(19-21-37)41-28-30-45-43(32-41)27-24-38-12-7-8-15-44(38)45/h1-33H. The fraction of sp³-hybridized carbons (Fsp3) is 0. The predicted octanol–water partition coefficient (Wildman–Crippen LogP) is 14.1. The van der Waals surface area contributed by atoms with Gasteiger partial charge in [0.15, 0.2) is 17.5 Å². The Morgan fingerprint density at radius 2 is 0.789 bits per heavy atom. The van der Waals surface area contributed by atoms with E-state index in [1.807, 2.05) is 48.5 Å². The fourth-order valence-electron chi connectivity index (χ4n) is 8.02. The van der Waals surface area contributed by atoms with Crippen LogP contribution in [0.25, 0.3) is 111 Å². The van der Waals surface area contributed by atoms with Crippen molar-refractivity contribution in [1.82, 2.24) is 15.0 Å². The number of rotatable bonds is 6. The molecule has 0 aliphatic heterocycles. The third-order valence-electron chi connectivity index (χ3n) is 11.0. The zero-order chi connectivity index (χ0) is 37.7. The number of aromatic nitrogens is 3. The van der Waals surface area contributed by atoms with E-state index in [4.69, 9.17) is 19.4 Å². The second kappa shape index (κ2) is 13.6. The molecular formula is C53H33N3O. The van der Waals surface area contributed by atoms with Crippen LogP contribution in [-0.2, 0) is 0 Å². The third-order valence-corrected chi connectivity index (χ3v) is 11.0. The van der Waals surface area contributed by atoms with Crippen LogP contribution in [0.3, 0.4) is 0 Å². The summed E-state index contributed by atoms with van der Waals surface area (Å²) in [5.74, 6) is 1.83. The van der Waals surface area contributed by atoms with Crippen LogP contribution in [0, 0.1) is 0 Å². The van der Waals surface area contributed by atoms with Crippen LogP contribution in [0.5, 0.6) is 0 Å². The maximum absolute atomic E-state index is 6.46. The minimum Gasteiger partial charge on any atom is -0.456 e. The Balaban J connectivity index is 0.987. The molecule has 266 valence electrons. The molecule has 0 radical (unpaired) electrons. The van der Waals surface area contributed by atoms with Crippen LogP contribution in [0.15, 0.2) is 205 Å². The second-order valence-electron chi connectivity index (χ2n) is 14.4. The minimum atomic E-state index is 0.595. The summed E-state index contributed by atoms with van der Waals surface area (Å²) >= 11 is 0. The second-order valence-corrected chi connectivity index (χ2v) is 14.4. The molecule has 9 aromatic carbocycles. The van der Waals surface area contributed by atoms with Gasteiger partial charge >= 0.3 is 0 Å². The van der Waals surface area contributed by atoms with Gasteiger partial charge in [-0.15, -0.1) is 0 Å². The summed E-state index contributed by atoms with van der Waals surface area (Å²) in [6.45, 7) is 0. The first kappa shape index (κ1) is 32.7. The van der Waals surface area contributed by atoms with Crippen molar-refractivity contribution in [2.75, 3.05) is 0 Å². The monoisotopic (exact) mass is 727 g/mol. The van der Waals surface area contributed by atoms with Crippen LogP contribution in [-0.4, -0.2) is 15.0 Å². The molecule has 0 saturated carbocycles. The van der Waals surface area contributed by atoms with E-state index in [0.29, 0.717) is 17.5 Å². The van der Waals surface area contributed by atoms with E-state index >= 15 is 0 Å². The predicted molar refractivity (Wildman–Crippen MR) is 235 cm³/mol. The van der Waals surface area contributed by atoms with Crippen molar-refractivity contribution < 1.29 is 4.42 Å². The largest absolute Gasteiger partial charge is 0.456 e. The van der Waals surface area contributed by atoms with Crippen LogP contribution in [0.1, 0.15) is 0 Å². The highest BCUT2D eigenvalue weighted by Crippen LogP contribution is 2.39. The zero-order valence-corrected chi connectivity index (χ0v) is 30.8. The Morgan fingerprint density at radius 3 is 1.53 bits per heavy atom. The SMILES string of the molecule is c1ccc(-c2ccc(-c3nc(-c4ccccc4)nc(-c4cccc5oc6ccc(-c7ccc(-c8ccc9c(ccc%10ccccc%109)c8)cc7)cc6c45)n3)cc2)cc1. The molecule has 2 heterocycles. The lowest BCUT2D eigenvalue weighted by molar-refractivity contribution is 0.669. The van der Waals surface area contributed by atoms with Gasteiger partial charge in [0.1, 0.15) is 11.2 Å². The summed E-state index contributed by atoms with van der Waals surface area (Å²) in [7, 11) is 0. The van der Waals surface area contributed by atoms with E-state index in [9.17, 15) is 0 Å². The molecule has 57 heavy (non-hydrogen) atoms. The highest BCUT2D eigenvalue weighted by molar-refractivity contribution is 6.13. The quantitative estimate of drug-likeness (QED) is 0.160. The van der Waals surface area contributed by atoms with E-state index in [0.717, 1.165) is 60.9 Å². The van der Waals surface area contributed by atoms with Crippen LogP contribution >= 0.6 is 0 Å². The first-order chi connectivity index (χ1) is 28.2. The highest BCUT2D eigenvalue weighted by Gasteiger charge is 2.18. The van der Waals surface area contributed by atoms with Crippen molar-refractivity contribution in [2.45, 2.75) is 0 Å². The molecule has 0 unspecified atom stereocenters. The molecule has 0 N–H and O–H groups in total. The number of benzene rings is 9. The van der Waals surface area contributed by atoms with Gasteiger partial charge in [0.25, 0.3) is 0 Å². The van der Waals surface area contributed by atoms with Crippen LogP contribution in [0.2, 0.25) is 0 Å². The number of furan rings is 1. The average molecular weight is 728 g/mol. The molecule has 0 saturated heterocycles. The summed E-state index contributed by atoms with van der Waals surface area (Å²) < 4.78 is 6.46. The average Bonchev–Trinajstić information content (AvgIpc) is 3.68. The summed E-state index contributed by atoms with van der Waals surface area (Å²) in [6, 6.07) is 70.0. The maximum atomic E-state index is 6.46. The summed E-state index contributed by atoms with van der Waals surface area (Å²) in [6.07, 6.45) is 0. The lowest BCUT2D eigenvalue weighted by Gasteiger charge is -2.10. The topological polar surface area (TPSA) is 51.8 Å². The zero-order valence-electron chi connectivity index (χ0n) is 30.8. The Morgan fingerprint density at radius 1 is 0.281 bits per heavy atom. The maximum Gasteiger partial charge on any atom is 0.164 e. The lowest BCUT2D eigenvalue weighted by Crippen LogP contribution is -2.00. The smallest absolute Gasteiger partial charge is 0.164 e. The molecule has 0 bridgehead atoms. The van der Waals surface area contributed by atoms with Crippen LogP contribution < -0.4 is 0 Å². The lowest BCUT2D eigenvalue weighted by atomic mass is 9.95. The van der Waals surface area contributed by atoms with Crippen LogP contribution in [0.4, 0.5) is 0 Å². The van der Waals surface area contributed by atoms with Gasteiger partial charge in [-0.25, -0.2) is 15.0 Å².